The number of benzene rings is 1. The van der Waals surface area contributed by atoms with Crippen LogP contribution < -0.4 is 10.6 Å². The number of nitrogens with one attached hydrogen (secondary N) is 2. The number of nitrogens with zero attached hydrogens (tertiary/aromatic N) is 2. The molecule has 2 heterocycles. The van der Waals surface area contributed by atoms with E-state index in [1.807, 2.05) is 18.7 Å². The first-order chi connectivity index (χ1) is 8.72. The van der Waals surface area contributed by atoms with Gasteiger partial charge in [-0.1, -0.05) is 12.1 Å². The van der Waals surface area contributed by atoms with Crippen LogP contribution in [0.3, 0.4) is 0 Å². The maximum atomic E-state index is 4.33. The Kier molecular flexibility index (Phi) is 2.70. The Bertz CT molecular complexity index is 571. The van der Waals surface area contributed by atoms with Gasteiger partial charge in [-0.15, -0.1) is 0 Å². The van der Waals surface area contributed by atoms with Crippen molar-refractivity contribution in [3.05, 3.63) is 41.1 Å². The average molecular weight is 242 g/mol. The molecule has 1 aliphatic rings. The van der Waals surface area contributed by atoms with Gasteiger partial charge in [-0.2, -0.15) is 5.10 Å². The van der Waals surface area contributed by atoms with Crippen molar-refractivity contribution in [2.45, 2.75) is 19.9 Å². The highest BCUT2D eigenvalue weighted by atomic mass is 15.3. The van der Waals surface area contributed by atoms with Crippen molar-refractivity contribution < 1.29 is 0 Å². The second-order valence-corrected chi connectivity index (χ2v) is 4.82. The number of fused-ring (bicyclic) bond motifs is 1. The second kappa shape index (κ2) is 4.37. The number of rotatable bonds is 3. The zero-order chi connectivity index (χ0) is 12.5. The van der Waals surface area contributed by atoms with Crippen molar-refractivity contribution >= 4 is 11.5 Å². The first-order valence-corrected chi connectivity index (χ1v) is 6.32. The number of hydrogen-bond acceptors (Lipinski definition) is 3. The fourth-order valence-corrected chi connectivity index (χ4v) is 2.44. The van der Waals surface area contributed by atoms with Gasteiger partial charge in [0, 0.05) is 31.9 Å². The van der Waals surface area contributed by atoms with Crippen LogP contribution in [0.25, 0.3) is 0 Å². The van der Waals surface area contributed by atoms with E-state index in [-0.39, 0.29) is 0 Å². The first-order valence-electron chi connectivity index (χ1n) is 6.32. The van der Waals surface area contributed by atoms with Gasteiger partial charge in [-0.3, -0.25) is 4.68 Å². The molecule has 0 fully saturated rings. The molecule has 3 rings (SSSR count). The smallest absolute Gasteiger partial charge is 0.124 e. The summed E-state index contributed by atoms with van der Waals surface area (Å²) in [6, 6.07) is 8.70. The summed E-state index contributed by atoms with van der Waals surface area (Å²) < 4.78 is 1.88. The molecule has 2 aromatic rings. The Labute approximate surface area is 107 Å². The lowest BCUT2D eigenvalue weighted by molar-refractivity contribution is 0.758. The quantitative estimate of drug-likeness (QED) is 0.868. The Morgan fingerprint density at radius 3 is 3.06 bits per heavy atom. The van der Waals surface area contributed by atoms with Crippen molar-refractivity contribution in [3.63, 3.8) is 0 Å². The van der Waals surface area contributed by atoms with E-state index in [9.17, 15) is 0 Å². The summed E-state index contributed by atoms with van der Waals surface area (Å²) in [6.07, 6.45) is 1.13. The van der Waals surface area contributed by atoms with Crippen LogP contribution in [-0.4, -0.2) is 16.3 Å². The molecule has 4 nitrogen and oxygen atoms in total. The maximum absolute atomic E-state index is 4.33. The van der Waals surface area contributed by atoms with Crippen LogP contribution in [0, 0.1) is 6.92 Å². The highest BCUT2D eigenvalue weighted by Gasteiger charge is 2.10. The summed E-state index contributed by atoms with van der Waals surface area (Å²) >= 11 is 0. The lowest BCUT2D eigenvalue weighted by atomic mass is 10.1. The summed E-state index contributed by atoms with van der Waals surface area (Å²) in [5, 5.41) is 11.1. The lowest BCUT2D eigenvalue weighted by Crippen LogP contribution is -2.04. The predicted molar refractivity (Wildman–Crippen MR) is 73.9 cm³/mol. The molecule has 0 spiro atoms. The minimum atomic E-state index is 0.840. The molecule has 0 atom stereocenters. The Morgan fingerprint density at radius 2 is 2.28 bits per heavy atom. The third kappa shape index (κ3) is 2.06. The van der Waals surface area contributed by atoms with Crippen LogP contribution in [0.5, 0.6) is 0 Å². The molecule has 0 saturated carbocycles. The molecule has 4 heteroatoms. The van der Waals surface area contributed by atoms with Gasteiger partial charge in [-0.05, 0) is 30.5 Å². The van der Waals surface area contributed by atoms with Gasteiger partial charge in [0.2, 0.25) is 0 Å². The van der Waals surface area contributed by atoms with Crippen LogP contribution in [-0.2, 0) is 20.0 Å². The first kappa shape index (κ1) is 11.1. The third-order valence-corrected chi connectivity index (χ3v) is 3.36. The monoisotopic (exact) mass is 242 g/mol. The van der Waals surface area contributed by atoms with Crippen LogP contribution in [0.2, 0.25) is 0 Å². The fraction of sp³-hybridized carbons (Fsp3) is 0.357. The molecule has 1 aromatic heterocycles. The molecular weight excluding hydrogens is 224 g/mol. The molecule has 1 aromatic carbocycles. The molecule has 18 heavy (non-hydrogen) atoms. The average Bonchev–Trinajstić information content (AvgIpc) is 2.92. The summed E-state index contributed by atoms with van der Waals surface area (Å²) in [6.45, 7) is 3.91. The van der Waals surface area contributed by atoms with E-state index >= 15 is 0 Å². The van der Waals surface area contributed by atoms with E-state index < -0.39 is 0 Å². The molecule has 0 bridgehead atoms. The molecule has 94 valence electrons. The van der Waals surface area contributed by atoms with E-state index in [4.69, 9.17) is 0 Å². The zero-order valence-electron chi connectivity index (χ0n) is 10.8. The van der Waals surface area contributed by atoms with Crippen LogP contribution in [0.1, 0.15) is 16.8 Å². The Balaban J connectivity index is 1.72. The van der Waals surface area contributed by atoms with Crippen LogP contribution >= 0.6 is 0 Å². The van der Waals surface area contributed by atoms with Gasteiger partial charge in [0.1, 0.15) is 5.82 Å². The van der Waals surface area contributed by atoms with Crippen LogP contribution in [0.15, 0.2) is 24.3 Å². The summed E-state index contributed by atoms with van der Waals surface area (Å²) in [5.41, 5.74) is 5.07. The van der Waals surface area contributed by atoms with E-state index in [1.165, 1.54) is 16.8 Å². The second-order valence-electron chi connectivity index (χ2n) is 4.82. The molecule has 0 unspecified atom stereocenters. The summed E-state index contributed by atoms with van der Waals surface area (Å²) in [7, 11) is 1.96. The standard InChI is InChI=1S/C14H18N4/c1-10-7-14(18(2)17-10)16-9-11-3-4-13-12(8-11)5-6-15-13/h3-4,7-8,15-16H,5-6,9H2,1-2H3. The highest BCUT2D eigenvalue weighted by molar-refractivity contribution is 5.56. The lowest BCUT2D eigenvalue weighted by Gasteiger charge is -2.08. The van der Waals surface area contributed by atoms with Crippen molar-refractivity contribution in [2.24, 2.45) is 7.05 Å². The Hall–Kier alpha value is -1.97. The number of anilines is 2. The topological polar surface area (TPSA) is 41.9 Å². The van der Waals surface area contributed by atoms with Gasteiger partial charge in [-0.25, -0.2) is 0 Å². The number of aryl methyl sites for hydroxylation is 2. The zero-order valence-corrected chi connectivity index (χ0v) is 10.8. The predicted octanol–water partition coefficient (Wildman–Crippen LogP) is 2.31. The van der Waals surface area contributed by atoms with Gasteiger partial charge < -0.3 is 10.6 Å². The molecular formula is C14H18N4. The van der Waals surface area contributed by atoms with Gasteiger partial charge in [0.25, 0.3) is 0 Å². The fourth-order valence-electron chi connectivity index (χ4n) is 2.44. The summed E-state index contributed by atoms with van der Waals surface area (Å²) in [5.74, 6) is 1.06. The maximum Gasteiger partial charge on any atom is 0.124 e. The van der Waals surface area contributed by atoms with Crippen molar-refractivity contribution in [3.8, 4) is 0 Å². The van der Waals surface area contributed by atoms with Crippen LogP contribution in [0.4, 0.5) is 11.5 Å². The SMILES string of the molecule is Cc1cc(NCc2ccc3c(c2)CCN3)n(C)n1. The minimum Gasteiger partial charge on any atom is -0.384 e. The normalized spacial score (nSPS) is 13.2. The minimum absolute atomic E-state index is 0.840. The van der Waals surface area contributed by atoms with E-state index in [1.54, 1.807) is 0 Å². The van der Waals surface area contributed by atoms with E-state index in [0.29, 0.717) is 0 Å². The number of aromatic nitrogens is 2. The molecule has 0 aliphatic carbocycles. The molecule has 0 amide bonds. The van der Waals surface area contributed by atoms with Crippen molar-refractivity contribution in [1.82, 2.24) is 9.78 Å². The number of hydrogen-bond donors (Lipinski definition) is 2. The van der Waals surface area contributed by atoms with Crippen molar-refractivity contribution in [1.29, 1.82) is 0 Å². The molecule has 2 N–H and O–H groups in total. The summed E-state index contributed by atoms with van der Waals surface area (Å²) in [4.78, 5) is 0. The largest absolute Gasteiger partial charge is 0.384 e. The van der Waals surface area contributed by atoms with E-state index in [2.05, 4.69) is 40.0 Å². The molecule has 1 aliphatic heterocycles. The van der Waals surface area contributed by atoms with E-state index in [0.717, 1.165) is 31.0 Å². The molecule has 0 saturated heterocycles. The highest BCUT2D eigenvalue weighted by Crippen LogP contribution is 2.23. The van der Waals surface area contributed by atoms with Gasteiger partial charge in [0.15, 0.2) is 0 Å². The van der Waals surface area contributed by atoms with Gasteiger partial charge >= 0.3 is 0 Å². The molecule has 0 radical (unpaired) electrons. The van der Waals surface area contributed by atoms with Gasteiger partial charge in [0.05, 0.1) is 5.69 Å². The Morgan fingerprint density at radius 1 is 1.39 bits per heavy atom. The van der Waals surface area contributed by atoms with Crippen molar-refractivity contribution in [2.75, 3.05) is 17.2 Å². The third-order valence-electron chi connectivity index (χ3n) is 3.36.